The highest BCUT2D eigenvalue weighted by atomic mass is 16.5. The number of hydrogen-bond acceptors (Lipinski definition) is 4. The SMILES string of the molecule is COc1ccccc1N1CCN(c2cccc(C(C)C(=O)NC3CC3)c2)CC1. The van der Waals surface area contributed by atoms with E-state index in [4.69, 9.17) is 4.74 Å². The van der Waals surface area contributed by atoms with Gasteiger partial charge in [0.1, 0.15) is 5.75 Å². The molecule has 2 fully saturated rings. The number of para-hydroxylation sites is 2. The maximum absolute atomic E-state index is 12.4. The van der Waals surface area contributed by atoms with Crippen LogP contribution in [0.3, 0.4) is 0 Å². The van der Waals surface area contributed by atoms with E-state index in [1.165, 1.54) is 5.69 Å². The van der Waals surface area contributed by atoms with Gasteiger partial charge in [-0.2, -0.15) is 0 Å². The fraction of sp³-hybridized carbons (Fsp3) is 0.435. The second-order valence-electron chi connectivity index (χ2n) is 7.75. The molecular weight excluding hydrogens is 350 g/mol. The number of anilines is 2. The van der Waals surface area contributed by atoms with E-state index in [2.05, 4.69) is 51.5 Å². The van der Waals surface area contributed by atoms with Crippen LogP contribution in [0.15, 0.2) is 48.5 Å². The van der Waals surface area contributed by atoms with Crippen molar-refractivity contribution in [3.05, 3.63) is 54.1 Å². The molecule has 1 saturated heterocycles. The van der Waals surface area contributed by atoms with Crippen molar-refractivity contribution in [2.75, 3.05) is 43.1 Å². The molecule has 1 aliphatic carbocycles. The van der Waals surface area contributed by atoms with Crippen molar-refractivity contribution in [3.63, 3.8) is 0 Å². The minimum absolute atomic E-state index is 0.115. The number of rotatable bonds is 6. The number of methoxy groups -OCH3 is 1. The Labute approximate surface area is 167 Å². The van der Waals surface area contributed by atoms with Gasteiger partial charge >= 0.3 is 0 Å². The highest BCUT2D eigenvalue weighted by molar-refractivity contribution is 5.84. The van der Waals surface area contributed by atoms with Crippen LogP contribution < -0.4 is 19.9 Å². The Balaban J connectivity index is 1.41. The van der Waals surface area contributed by atoms with E-state index in [0.29, 0.717) is 6.04 Å². The van der Waals surface area contributed by atoms with Crippen LogP contribution in [0.2, 0.25) is 0 Å². The maximum Gasteiger partial charge on any atom is 0.227 e. The lowest BCUT2D eigenvalue weighted by atomic mass is 9.99. The van der Waals surface area contributed by atoms with Crippen molar-refractivity contribution in [1.82, 2.24) is 5.32 Å². The molecule has 1 heterocycles. The van der Waals surface area contributed by atoms with Gasteiger partial charge in [-0.25, -0.2) is 0 Å². The Morgan fingerprint density at radius 1 is 1.04 bits per heavy atom. The molecule has 0 radical (unpaired) electrons. The number of benzene rings is 2. The molecular formula is C23H29N3O2. The first-order chi connectivity index (χ1) is 13.7. The third kappa shape index (κ3) is 4.08. The zero-order chi connectivity index (χ0) is 19.5. The lowest BCUT2D eigenvalue weighted by Gasteiger charge is -2.38. The summed E-state index contributed by atoms with van der Waals surface area (Å²) < 4.78 is 5.51. The Kier molecular flexibility index (Phi) is 5.42. The third-order valence-corrected chi connectivity index (χ3v) is 5.76. The molecule has 0 spiro atoms. The number of nitrogens with one attached hydrogen (secondary N) is 1. The summed E-state index contributed by atoms with van der Waals surface area (Å²) in [5, 5.41) is 3.11. The average molecular weight is 380 g/mol. The zero-order valence-electron chi connectivity index (χ0n) is 16.7. The molecule has 2 aliphatic rings. The topological polar surface area (TPSA) is 44.8 Å². The second-order valence-corrected chi connectivity index (χ2v) is 7.75. The first-order valence-corrected chi connectivity index (χ1v) is 10.2. The summed E-state index contributed by atoms with van der Waals surface area (Å²) in [4.78, 5) is 17.2. The zero-order valence-corrected chi connectivity index (χ0v) is 16.7. The van der Waals surface area contributed by atoms with Crippen molar-refractivity contribution in [3.8, 4) is 5.75 Å². The summed E-state index contributed by atoms with van der Waals surface area (Å²) >= 11 is 0. The fourth-order valence-corrected chi connectivity index (χ4v) is 3.79. The molecule has 28 heavy (non-hydrogen) atoms. The van der Waals surface area contributed by atoms with Crippen molar-refractivity contribution in [2.45, 2.75) is 31.7 Å². The summed E-state index contributed by atoms with van der Waals surface area (Å²) in [5.41, 5.74) is 3.44. The van der Waals surface area contributed by atoms with Gasteiger partial charge in [-0.3, -0.25) is 4.79 Å². The van der Waals surface area contributed by atoms with Gasteiger partial charge in [0, 0.05) is 37.9 Å². The van der Waals surface area contributed by atoms with Gasteiger partial charge in [0.15, 0.2) is 0 Å². The predicted molar refractivity (Wildman–Crippen MR) is 113 cm³/mol. The quantitative estimate of drug-likeness (QED) is 0.836. The molecule has 1 amide bonds. The maximum atomic E-state index is 12.4. The first-order valence-electron chi connectivity index (χ1n) is 10.2. The minimum atomic E-state index is -0.115. The van der Waals surface area contributed by atoms with Crippen LogP contribution in [-0.2, 0) is 4.79 Å². The van der Waals surface area contributed by atoms with Gasteiger partial charge in [0.05, 0.1) is 18.7 Å². The van der Waals surface area contributed by atoms with Crippen LogP contribution >= 0.6 is 0 Å². The lowest BCUT2D eigenvalue weighted by molar-refractivity contribution is -0.122. The molecule has 1 N–H and O–H groups in total. The molecule has 1 atom stereocenters. The Hall–Kier alpha value is -2.69. The number of piperazine rings is 1. The van der Waals surface area contributed by atoms with Crippen LogP contribution in [0.5, 0.6) is 5.75 Å². The van der Waals surface area contributed by atoms with Crippen molar-refractivity contribution < 1.29 is 9.53 Å². The van der Waals surface area contributed by atoms with Gasteiger partial charge in [-0.15, -0.1) is 0 Å². The van der Waals surface area contributed by atoms with Gasteiger partial charge in [-0.05, 0) is 49.6 Å². The van der Waals surface area contributed by atoms with Gasteiger partial charge < -0.3 is 19.9 Å². The van der Waals surface area contributed by atoms with Crippen molar-refractivity contribution in [2.24, 2.45) is 0 Å². The molecule has 1 saturated carbocycles. The average Bonchev–Trinajstić information content (AvgIpc) is 3.57. The van der Waals surface area contributed by atoms with Gasteiger partial charge in [-0.1, -0.05) is 24.3 Å². The van der Waals surface area contributed by atoms with E-state index in [9.17, 15) is 4.79 Å². The highest BCUT2D eigenvalue weighted by Crippen LogP contribution is 2.30. The molecule has 5 heteroatoms. The molecule has 0 aromatic heterocycles. The first kappa shape index (κ1) is 18.7. The smallest absolute Gasteiger partial charge is 0.227 e. The van der Waals surface area contributed by atoms with E-state index in [1.54, 1.807) is 7.11 Å². The van der Waals surface area contributed by atoms with E-state index >= 15 is 0 Å². The molecule has 1 unspecified atom stereocenters. The largest absolute Gasteiger partial charge is 0.495 e. The monoisotopic (exact) mass is 379 g/mol. The number of amides is 1. The van der Waals surface area contributed by atoms with Crippen molar-refractivity contribution >= 4 is 17.3 Å². The van der Waals surface area contributed by atoms with E-state index < -0.39 is 0 Å². The van der Waals surface area contributed by atoms with Gasteiger partial charge in [0.25, 0.3) is 0 Å². The van der Waals surface area contributed by atoms with Crippen molar-refractivity contribution in [1.29, 1.82) is 0 Å². The minimum Gasteiger partial charge on any atom is -0.495 e. The lowest BCUT2D eigenvalue weighted by Crippen LogP contribution is -2.46. The number of hydrogen-bond donors (Lipinski definition) is 1. The fourth-order valence-electron chi connectivity index (χ4n) is 3.79. The Morgan fingerprint density at radius 2 is 1.75 bits per heavy atom. The van der Waals surface area contributed by atoms with Crippen LogP contribution in [0.1, 0.15) is 31.2 Å². The number of nitrogens with zero attached hydrogens (tertiary/aromatic N) is 2. The summed E-state index contributed by atoms with van der Waals surface area (Å²) in [6.07, 6.45) is 2.24. The number of carbonyl (C=O) groups is 1. The molecule has 0 bridgehead atoms. The van der Waals surface area contributed by atoms with Gasteiger partial charge in [0.2, 0.25) is 5.91 Å². The highest BCUT2D eigenvalue weighted by Gasteiger charge is 2.26. The molecule has 148 valence electrons. The number of ether oxygens (including phenoxy) is 1. The Morgan fingerprint density at radius 3 is 2.46 bits per heavy atom. The van der Waals surface area contributed by atoms with Crippen LogP contribution in [-0.4, -0.2) is 45.2 Å². The summed E-state index contributed by atoms with van der Waals surface area (Å²) in [6, 6.07) is 17.1. The summed E-state index contributed by atoms with van der Waals surface area (Å²) in [6.45, 7) is 5.79. The molecule has 1 aliphatic heterocycles. The standard InChI is InChI=1S/C23H29N3O2/c1-17(23(27)24-19-10-11-19)18-6-5-7-20(16-18)25-12-14-26(15-13-25)21-8-3-4-9-22(21)28-2/h3-9,16-17,19H,10-15H2,1-2H3,(H,24,27). The summed E-state index contributed by atoms with van der Waals surface area (Å²) in [7, 11) is 1.72. The normalized spacial score (nSPS) is 17.9. The molecule has 4 rings (SSSR count). The van der Waals surface area contributed by atoms with Crippen LogP contribution in [0.4, 0.5) is 11.4 Å². The Bertz CT molecular complexity index is 826. The van der Waals surface area contributed by atoms with E-state index in [-0.39, 0.29) is 11.8 Å². The number of carbonyl (C=O) groups excluding carboxylic acids is 1. The van der Waals surface area contributed by atoms with Crippen LogP contribution in [0, 0.1) is 0 Å². The second kappa shape index (κ2) is 8.13. The van der Waals surface area contributed by atoms with E-state index in [0.717, 1.165) is 56.0 Å². The molecule has 2 aromatic carbocycles. The molecule has 5 nitrogen and oxygen atoms in total. The van der Waals surface area contributed by atoms with E-state index in [1.807, 2.05) is 19.1 Å². The van der Waals surface area contributed by atoms with Crippen LogP contribution in [0.25, 0.3) is 0 Å². The molecule has 2 aromatic rings. The summed E-state index contributed by atoms with van der Waals surface area (Å²) in [5.74, 6) is 0.949. The predicted octanol–water partition coefficient (Wildman–Crippen LogP) is 3.40. The third-order valence-electron chi connectivity index (χ3n) is 5.76.